The smallest absolute Gasteiger partial charge is 0.187 e. The Kier molecular flexibility index (Phi) is 4.18. The summed E-state index contributed by atoms with van der Waals surface area (Å²) in [7, 11) is 0. The van der Waals surface area contributed by atoms with Crippen molar-refractivity contribution in [3.63, 3.8) is 0 Å². The van der Waals surface area contributed by atoms with Gasteiger partial charge < -0.3 is 4.90 Å². The van der Waals surface area contributed by atoms with Gasteiger partial charge in [-0.15, -0.1) is 0 Å². The molecule has 3 heteroatoms. The third kappa shape index (κ3) is 3.42. The molecule has 0 atom stereocenters. The normalized spacial score (nSPS) is 15.7. The lowest BCUT2D eigenvalue weighted by molar-refractivity contribution is 0.250. The number of nitrogens with zero attached hydrogens (tertiary/aromatic N) is 3. The first kappa shape index (κ1) is 13.7. The van der Waals surface area contributed by atoms with Gasteiger partial charge in [-0.05, 0) is 17.7 Å². The Balaban J connectivity index is 1.56. The molecule has 0 N–H and O–H groups in total. The van der Waals surface area contributed by atoms with Crippen LogP contribution in [0.3, 0.4) is 0 Å². The molecular formula is C18H19N3. The van der Waals surface area contributed by atoms with Crippen LogP contribution in [0, 0.1) is 6.57 Å². The van der Waals surface area contributed by atoms with E-state index in [0.29, 0.717) is 5.69 Å². The molecule has 1 aliphatic rings. The van der Waals surface area contributed by atoms with Gasteiger partial charge in [-0.25, -0.2) is 4.85 Å². The number of anilines is 1. The van der Waals surface area contributed by atoms with Gasteiger partial charge in [-0.3, -0.25) is 4.90 Å². The minimum Gasteiger partial charge on any atom is -0.369 e. The third-order valence-corrected chi connectivity index (χ3v) is 3.97. The van der Waals surface area contributed by atoms with E-state index in [9.17, 15) is 0 Å². The van der Waals surface area contributed by atoms with E-state index in [2.05, 4.69) is 57.1 Å². The fourth-order valence-electron chi connectivity index (χ4n) is 2.74. The lowest BCUT2D eigenvalue weighted by Gasteiger charge is -2.36. The van der Waals surface area contributed by atoms with E-state index in [1.165, 1.54) is 11.3 Å². The van der Waals surface area contributed by atoms with Crippen LogP contribution in [0.15, 0.2) is 54.6 Å². The molecule has 0 saturated carbocycles. The van der Waals surface area contributed by atoms with Crippen molar-refractivity contribution >= 4 is 11.4 Å². The third-order valence-electron chi connectivity index (χ3n) is 3.97. The van der Waals surface area contributed by atoms with E-state index in [-0.39, 0.29) is 0 Å². The highest BCUT2D eigenvalue weighted by atomic mass is 15.3. The standard InChI is InChI=1S/C18H19N3/c1-19-17-7-9-18(10-8-17)21-13-11-20(12-14-21)15-16-5-3-2-4-6-16/h2-10H,11-15H2. The average molecular weight is 277 g/mol. The molecule has 3 rings (SSSR count). The fourth-order valence-corrected chi connectivity index (χ4v) is 2.74. The molecule has 2 aromatic carbocycles. The maximum absolute atomic E-state index is 7.00. The first-order valence-corrected chi connectivity index (χ1v) is 7.34. The molecule has 106 valence electrons. The highest BCUT2D eigenvalue weighted by Gasteiger charge is 2.17. The maximum atomic E-state index is 7.00. The largest absolute Gasteiger partial charge is 0.369 e. The second kappa shape index (κ2) is 6.43. The molecule has 0 unspecified atom stereocenters. The monoisotopic (exact) mass is 277 g/mol. The summed E-state index contributed by atoms with van der Waals surface area (Å²) in [5.41, 5.74) is 3.32. The minimum absolute atomic E-state index is 0.710. The molecule has 1 saturated heterocycles. The van der Waals surface area contributed by atoms with Gasteiger partial charge in [0.2, 0.25) is 0 Å². The quantitative estimate of drug-likeness (QED) is 0.794. The van der Waals surface area contributed by atoms with Crippen molar-refractivity contribution in [3.05, 3.63) is 71.6 Å². The summed E-state index contributed by atoms with van der Waals surface area (Å²) in [5.74, 6) is 0. The van der Waals surface area contributed by atoms with Crippen LogP contribution in [0.25, 0.3) is 4.85 Å². The van der Waals surface area contributed by atoms with Gasteiger partial charge in [0, 0.05) is 38.4 Å². The molecular weight excluding hydrogens is 258 g/mol. The van der Waals surface area contributed by atoms with Crippen LogP contribution < -0.4 is 4.90 Å². The number of hydrogen-bond donors (Lipinski definition) is 0. The van der Waals surface area contributed by atoms with Gasteiger partial charge in [-0.2, -0.15) is 0 Å². The number of rotatable bonds is 3. The first-order chi connectivity index (χ1) is 10.3. The van der Waals surface area contributed by atoms with E-state index in [4.69, 9.17) is 6.57 Å². The molecule has 0 spiro atoms. The van der Waals surface area contributed by atoms with E-state index < -0.39 is 0 Å². The molecule has 1 heterocycles. The zero-order chi connectivity index (χ0) is 14.5. The van der Waals surface area contributed by atoms with Crippen molar-refractivity contribution in [2.75, 3.05) is 31.1 Å². The van der Waals surface area contributed by atoms with Gasteiger partial charge in [-0.1, -0.05) is 42.5 Å². The Morgan fingerprint density at radius 1 is 0.857 bits per heavy atom. The lowest BCUT2D eigenvalue weighted by Crippen LogP contribution is -2.45. The summed E-state index contributed by atoms with van der Waals surface area (Å²) in [4.78, 5) is 8.34. The van der Waals surface area contributed by atoms with Crippen molar-refractivity contribution in [1.29, 1.82) is 0 Å². The molecule has 0 radical (unpaired) electrons. The summed E-state index contributed by atoms with van der Waals surface area (Å²) in [6.07, 6.45) is 0. The number of hydrogen-bond acceptors (Lipinski definition) is 2. The molecule has 1 aliphatic heterocycles. The molecule has 0 bridgehead atoms. The van der Waals surface area contributed by atoms with Crippen LogP contribution in [0.4, 0.5) is 11.4 Å². The summed E-state index contributed by atoms with van der Waals surface area (Å²) in [5, 5.41) is 0. The van der Waals surface area contributed by atoms with Crippen LogP contribution in [0.1, 0.15) is 5.56 Å². The Morgan fingerprint density at radius 2 is 1.52 bits per heavy atom. The van der Waals surface area contributed by atoms with E-state index in [1.54, 1.807) is 0 Å². The zero-order valence-electron chi connectivity index (χ0n) is 12.1. The summed E-state index contributed by atoms with van der Waals surface area (Å²) < 4.78 is 0. The Hall–Kier alpha value is -2.31. The molecule has 0 amide bonds. The fraction of sp³-hybridized carbons (Fsp3) is 0.278. The van der Waals surface area contributed by atoms with Gasteiger partial charge >= 0.3 is 0 Å². The van der Waals surface area contributed by atoms with Crippen molar-refractivity contribution in [2.24, 2.45) is 0 Å². The first-order valence-electron chi connectivity index (χ1n) is 7.34. The van der Waals surface area contributed by atoms with E-state index in [1.807, 2.05) is 12.1 Å². The Morgan fingerprint density at radius 3 is 2.14 bits per heavy atom. The topological polar surface area (TPSA) is 10.8 Å². The van der Waals surface area contributed by atoms with Crippen molar-refractivity contribution in [2.45, 2.75) is 6.54 Å². The summed E-state index contributed by atoms with van der Waals surface area (Å²) in [6.45, 7) is 12.3. The van der Waals surface area contributed by atoms with Crippen LogP contribution in [-0.2, 0) is 6.54 Å². The molecule has 3 nitrogen and oxygen atoms in total. The molecule has 0 aliphatic carbocycles. The van der Waals surface area contributed by atoms with Crippen LogP contribution in [-0.4, -0.2) is 31.1 Å². The molecule has 1 fully saturated rings. The van der Waals surface area contributed by atoms with Gasteiger partial charge in [0.05, 0.1) is 6.57 Å². The van der Waals surface area contributed by atoms with Gasteiger partial charge in [0.15, 0.2) is 5.69 Å². The number of benzene rings is 2. The van der Waals surface area contributed by atoms with Crippen molar-refractivity contribution in [3.8, 4) is 0 Å². The van der Waals surface area contributed by atoms with E-state index >= 15 is 0 Å². The summed E-state index contributed by atoms with van der Waals surface area (Å²) >= 11 is 0. The highest BCUT2D eigenvalue weighted by Crippen LogP contribution is 2.21. The van der Waals surface area contributed by atoms with Crippen LogP contribution in [0.5, 0.6) is 0 Å². The Labute approximate surface area is 126 Å². The minimum atomic E-state index is 0.710. The van der Waals surface area contributed by atoms with Crippen LogP contribution >= 0.6 is 0 Å². The van der Waals surface area contributed by atoms with Crippen LogP contribution in [0.2, 0.25) is 0 Å². The van der Waals surface area contributed by atoms with Gasteiger partial charge in [0.1, 0.15) is 0 Å². The maximum Gasteiger partial charge on any atom is 0.187 e. The lowest BCUT2D eigenvalue weighted by atomic mass is 10.2. The second-order valence-electron chi connectivity index (χ2n) is 5.38. The second-order valence-corrected chi connectivity index (χ2v) is 5.38. The average Bonchev–Trinajstić information content (AvgIpc) is 2.57. The predicted molar refractivity (Wildman–Crippen MR) is 86.6 cm³/mol. The Bertz CT molecular complexity index is 605. The summed E-state index contributed by atoms with van der Waals surface area (Å²) in [6, 6.07) is 18.6. The van der Waals surface area contributed by atoms with E-state index in [0.717, 1.165) is 32.7 Å². The SMILES string of the molecule is [C-]#[N+]c1ccc(N2CCN(Cc3ccccc3)CC2)cc1. The number of piperazine rings is 1. The molecule has 21 heavy (non-hydrogen) atoms. The predicted octanol–water partition coefficient (Wildman–Crippen LogP) is 3.56. The molecule has 0 aromatic heterocycles. The van der Waals surface area contributed by atoms with Crippen molar-refractivity contribution in [1.82, 2.24) is 4.90 Å². The highest BCUT2D eigenvalue weighted by molar-refractivity contribution is 5.55. The van der Waals surface area contributed by atoms with Crippen molar-refractivity contribution < 1.29 is 0 Å². The van der Waals surface area contributed by atoms with Gasteiger partial charge in [0.25, 0.3) is 0 Å². The zero-order valence-corrected chi connectivity index (χ0v) is 12.1. The molecule has 2 aromatic rings.